The van der Waals surface area contributed by atoms with Gasteiger partial charge in [0.1, 0.15) is 0 Å². The lowest BCUT2D eigenvalue weighted by Gasteiger charge is -2.35. The topological polar surface area (TPSA) is 86.7 Å². The molecule has 2 N–H and O–H groups in total. The number of benzene rings is 2. The summed E-state index contributed by atoms with van der Waals surface area (Å²) in [5.74, 6) is -1.97. The summed E-state index contributed by atoms with van der Waals surface area (Å²) in [6.45, 7) is 0. The molecule has 6 nitrogen and oxygen atoms in total. The van der Waals surface area contributed by atoms with Gasteiger partial charge in [-0.2, -0.15) is 0 Å². The van der Waals surface area contributed by atoms with Gasteiger partial charge in [-0.25, -0.2) is 9.69 Å². The highest BCUT2D eigenvalue weighted by atomic mass is 16.3. The second-order valence-electron chi connectivity index (χ2n) is 5.26. The zero-order valence-electron chi connectivity index (χ0n) is 12.1. The maximum absolute atomic E-state index is 12.7. The van der Waals surface area contributed by atoms with E-state index in [-0.39, 0.29) is 12.1 Å². The Morgan fingerprint density at radius 1 is 0.913 bits per heavy atom. The largest absolute Gasteiger partial charge is 0.371 e. The summed E-state index contributed by atoms with van der Waals surface area (Å²) in [5.41, 5.74) is -1.43. The van der Waals surface area contributed by atoms with Crippen LogP contribution in [0.5, 0.6) is 0 Å². The summed E-state index contributed by atoms with van der Waals surface area (Å²) in [5, 5.41) is 12.7. The minimum Gasteiger partial charge on any atom is -0.371 e. The summed E-state index contributed by atoms with van der Waals surface area (Å²) >= 11 is 0. The summed E-state index contributed by atoms with van der Waals surface area (Å²) in [4.78, 5) is 37.6. The Hall–Kier alpha value is -2.99. The van der Waals surface area contributed by atoms with Crippen molar-refractivity contribution in [3.8, 4) is 0 Å². The van der Waals surface area contributed by atoms with Crippen LogP contribution in [0.1, 0.15) is 5.56 Å². The first-order chi connectivity index (χ1) is 11.0. The molecule has 1 heterocycles. The zero-order chi connectivity index (χ0) is 16.4. The summed E-state index contributed by atoms with van der Waals surface area (Å²) < 4.78 is 0. The lowest BCUT2D eigenvalue weighted by molar-refractivity contribution is -0.152. The van der Waals surface area contributed by atoms with Gasteiger partial charge in [-0.3, -0.25) is 14.9 Å². The van der Waals surface area contributed by atoms with E-state index in [1.54, 1.807) is 60.7 Å². The fourth-order valence-electron chi connectivity index (χ4n) is 2.49. The van der Waals surface area contributed by atoms with Crippen molar-refractivity contribution < 1.29 is 19.5 Å². The molecule has 0 bridgehead atoms. The van der Waals surface area contributed by atoms with Gasteiger partial charge in [-0.1, -0.05) is 48.5 Å². The van der Waals surface area contributed by atoms with Crippen LogP contribution in [0.15, 0.2) is 60.7 Å². The molecule has 1 unspecified atom stereocenters. The third-order valence-corrected chi connectivity index (χ3v) is 3.67. The maximum Gasteiger partial charge on any atom is 0.335 e. The first-order valence-electron chi connectivity index (χ1n) is 7.04. The lowest BCUT2D eigenvalue weighted by Crippen LogP contribution is -2.69. The number of hydrogen-bond acceptors (Lipinski definition) is 4. The standard InChI is InChI=1S/C17H14N2O4/c20-14-17(23,11-12-7-3-1-4-8-12)15(21)19(16(22)18-14)13-9-5-2-6-10-13/h1-10,23H,11H2,(H,18,20,22). The molecule has 2 aromatic rings. The molecule has 0 spiro atoms. The second-order valence-corrected chi connectivity index (χ2v) is 5.26. The number of aliphatic hydroxyl groups is 1. The van der Waals surface area contributed by atoms with Crippen LogP contribution in [0, 0.1) is 0 Å². The van der Waals surface area contributed by atoms with Crippen molar-refractivity contribution in [3.63, 3.8) is 0 Å². The molecular formula is C17H14N2O4. The third kappa shape index (κ3) is 2.60. The van der Waals surface area contributed by atoms with E-state index in [2.05, 4.69) is 0 Å². The molecule has 4 amide bonds. The number of para-hydroxylation sites is 1. The quantitative estimate of drug-likeness (QED) is 0.835. The molecule has 6 heteroatoms. The zero-order valence-corrected chi connectivity index (χ0v) is 12.1. The number of imide groups is 2. The Morgan fingerprint density at radius 3 is 2.09 bits per heavy atom. The molecule has 0 aliphatic carbocycles. The number of nitrogens with one attached hydrogen (secondary N) is 1. The van der Waals surface area contributed by atoms with E-state index < -0.39 is 23.4 Å². The van der Waals surface area contributed by atoms with E-state index >= 15 is 0 Å². The van der Waals surface area contributed by atoms with Gasteiger partial charge < -0.3 is 5.11 Å². The van der Waals surface area contributed by atoms with Crippen LogP contribution in [0.2, 0.25) is 0 Å². The lowest BCUT2D eigenvalue weighted by atomic mass is 9.90. The fraction of sp³-hybridized carbons (Fsp3) is 0.118. The Labute approximate surface area is 132 Å². The first-order valence-corrected chi connectivity index (χ1v) is 7.04. The van der Waals surface area contributed by atoms with Gasteiger partial charge in [0.2, 0.25) is 5.60 Å². The number of anilines is 1. The normalized spacial score (nSPS) is 21.3. The van der Waals surface area contributed by atoms with Crippen LogP contribution >= 0.6 is 0 Å². The molecule has 0 saturated carbocycles. The van der Waals surface area contributed by atoms with Gasteiger partial charge in [-0.05, 0) is 17.7 Å². The van der Waals surface area contributed by atoms with Gasteiger partial charge in [0, 0.05) is 6.42 Å². The molecule has 23 heavy (non-hydrogen) atoms. The smallest absolute Gasteiger partial charge is 0.335 e. The molecule has 116 valence electrons. The first kappa shape index (κ1) is 14.9. The SMILES string of the molecule is O=C1NC(=O)C(O)(Cc2ccccc2)C(=O)N1c1ccccc1. The van der Waals surface area contributed by atoms with Crippen molar-refractivity contribution in [3.05, 3.63) is 66.2 Å². The van der Waals surface area contributed by atoms with E-state index in [0.717, 1.165) is 4.90 Å². The van der Waals surface area contributed by atoms with Crippen LogP contribution in [0.3, 0.4) is 0 Å². The minimum absolute atomic E-state index is 0.213. The van der Waals surface area contributed by atoms with Crippen LogP contribution in [0.4, 0.5) is 10.5 Å². The van der Waals surface area contributed by atoms with Crippen molar-refractivity contribution in [2.24, 2.45) is 0 Å². The molecule has 0 radical (unpaired) electrons. The van der Waals surface area contributed by atoms with Crippen molar-refractivity contribution in [1.82, 2.24) is 5.32 Å². The van der Waals surface area contributed by atoms with Gasteiger partial charge >= 0.3 is 6.03 Å². The number of carbonyl (C=O) groups is 3. The van der Waals surface area contributed by atoms with E-state index in [0.29, 0.717) is 5.56 Å². The second kappa shape index (κ2) is 5.66. The van der Waals surface area contributed by atoms with Crippen molar-refractivity contribution in [2.75, 3.05) is 4.90 Å². The molecule has 1 fully saturated rings. The number of barbiturate groups is 1. The molecule has 2 aromatic carbocycles. The van der Waals surface area contributed by atoms with Crippen LogP contribution in [0.25, 0.3) is 0 Å². The predicted molar refractivity (Wildman–Crippen MR) is 82.6 cm³/mol. The Morgan fingerprint density at radius 2 is 1.48 bits per heavy atom. The van der Waals surface area contributed by atoms with Gasteiger partial charge in [-0.15, -0.1) is 0 Å². The average Bonchev–Trinajstić information content (AvgIpc) is 2.55. The number of nitrogens with zero attached hydrogens (tertiary/aromatic N) is 1. The maximum atomic E-state index is 12.7. The van der Waals surface area contributed by atoms with Crippen molar-refractivity contribution >= 4 is 23.5 Å². The molecular weight excluding hydrogens is 296 g/mol. The van der Waals surface area contributed by atoms with E-state index in [1.807, 2.05) is 5.32 Å². The highest BCUT2D eigenvalue weighted by Gasteiger charge is 2.53. The average molecular weight is 310 g/mol. The van der Waals surface area contributed by atoms with Crippen LogP contribution in [-0.4, -0.2) is 28.6 Å². The summed E-state index contributed by atoms with van der Waals surface area (Å²) in [6.07, 6.45) is -0.213. The Bertz CT molecular complexity index is 761. The van der Waals surface area contributed by atoms with E-state index in [1.165, 1.54) is 0 Å². The van der Waals surface area contributed by atoms with Crippen LogP contribution < -0.4 is 10.2 Å². The number of carbonyl (C=O) groups excluding carboxylic acids is 3. The molecule has 3 rings (SSSR count). The number of rotatable bonds is 3. The van der Waals surface area contributed by atoms with Gasteiger partial charge in [0.05, 0.1) is 5.69 Å². The monoisotopic (exact) mass is 310 g/mol. The molecule has 1 aliphatic rings. The Kier molecular flexibility index (Phi) is 3.67. The third-order valence-electron chi connectivity index (χ3n) is 3.67. The number of urea groups is 1. The highest BCUT2D eigenvalue weighted by molar-refractivity contribution is 6.31. The van der Waals surface area contributed by atoms with Crippen molar-refractivity contribution in [1.29, 1.82) is 0 Å². The highest BCUT2D eigenvalue weighted by Crippen LogP contribution is 2.25. The molecule has 1 aliphatic heterocycles. The molecule has 1 saturated heterocycles. The fourth-order valence-corrected chi connectivity index (χ4v) is 2.49. The number of hydrogen-bond donors (Lipinski definition) is 2. The predicted octanol–water partition coefficient (Wildman–Crippen LogP) is 1.24. The van der Waals surface area contributed by atoms with Gasteiger partial charge in [0.25, 0.3) is 11.8 Å². The van der Waals surface area contributed by atoms with Crippen molar-refractivity contribution in [2.45, 2.75) is 12.0 Å². The Balaban J connectivity index is 1.98. The summed E-state index contributed by atoms with van der Waals surface area (Å²) in [6, 6.07) is 15.9. The number of amides is 4. The molecule has 1 atom stereocenters. The van der Waals surface area contributed by atoms with Crippen LogP contribution in [-0.2, 0) is 16.0 Å². The minimum atomic E-state index is -2.33. The summed E-state index contributed by atoms with van der Waals surface area (Å²) in [7, 11) is 0. The van der Waals surface area contributed by atoms with Gasteiger partial charge in [0.15, 0.2) is 0 Å². The van der Waals surface area contributed by atoms with E-state index in [4.69, 9.17) is 0 Å². The van der Waals surface area contributed by atoms with E-state index in [9.17, 15) is 19.5 Å². The molecule has 0 aromatic heterocycles.